The maximum Gasteiger partial charge on any atom is 0.259 e. The number of halogens is 2. The molecule has 0 spiro atoms. The van der Waals surface area contributed by atoms with Crippen molar-refractivity contribution >= 4 is 51.5 Å². The molecule has 7 nitrogen and oxygen atoms in total. The van der Waals surface area contributed by atoms with E-state index >= 15 is 0 Å². The van der Waals surface area contributed by atoms with Gasteiger partial charge in [0.1, 0.15) is 0 Å². The van der Waals surface area contributed by atoms with Crippen LogP contribution < -0.4 is 10.6 Å². The van der Waals surface area contributed by atoms with E-state index in [9.17, 15) is 4.79 Å². The highest BCUT2D eigenvalue weighted by molar-refractivity contribution is 6.42. The van der Waals surface area contributed by atoms with Gasteiger partial charge in [-0.1, -0.05) is 23.2 Å². The number of fused-ring (bicyclic) bond motifs is 1. The minimum atomic E-state index is -0.281. The van der Waals surface area contributed by atoms with Crippen molar-refractivity contribution in [2.24, 2.45) is 0 Å². The number of nitrogens with one attached hydrogen (secondary N) is 2. The van der Waals surface area contributed by atoms with Crippen molar-refractivity contribution in [3.05, 3.63) is 46.2 Å². The lowest BCUT2D eigenvalue weighted by Gasteiger charge is -2.25. The van der Waals surface area contributed by atoms with E-state index in [1.165, 1.54) is 0 Å². The van der Waals surface area contributed by atoms with Crippen molar-refractivity contribution in [3.8, 4) is 0 Å². The zero-order valence-corrected chi connectivity index (χ0v) is 17.4. The van der Waals surface area contributed by atoms with Gasteiger partial charge in [0.25, 0.3) is 5.91 Å². The Hall–Kier alpha value is -2.35. The second-order valence-electron chi connectivity index (χ2n) is 6.86. The van der Waals surface area contributed by atoms with E-state index in [-0.39, 0.29) is 11.9 Å². The molecule has 1 saturated heterocycles. The molecule has 0 bridgehead atoms. The summed E-state index contributed by atoms with van der Waals surface area (Å²) in [7, 11) is 0. The van der Waals surface area contributed by atoms with E-state index in [1.54, 1.807) is 30.6 Å². The molecule has 1 aromatic carbocycles. The molecule has 3 heterocycles. The normalized spacial score (nSPS) is 14.9. The Morgan fingerprint density at radius 1 is 1.24 bits per heavy atom. The number of pyridine rings is 1. The topological polar surface area (TPSA) is 81.1 Å². The summed E-state index contributed by atoms with van der Waals surface area (Å²) in [4.78, 5) is 17.6. The number of rotatable bonds is 5. The summed E-state index contributed by atoms with van der Waals surface area (Å²) in [6, 6.07) is 5.19. The first-order valence-corrected chi connectivity index (χ1v) is 10.3. The lowest BCUT2D eigenvalue weighted by atomic mass is 10.1. The van der Waals surface area contributed by atoms with Gasteiger partial charge in [-0.2, -0.15) is 5.10 Å². The van der Waals surface area contributed by atoms with Crippen molar-refractivity contribution in [1.29, 1.82) is 0 Å². The molecule has 1 aliphatic heterocycles. The number of anilines is 2. The van der Waals surface area contributed by atoms with Crippen LogP contribution >= 0.6 is 23.2 Å². The molecule has 4 rings (SSSR count). The standard InChI is InChI=1S/C20H21Cl2N5O2/c1-2-27-19-14(11-24-27)18(25-12-5-7-29-8-6-12)15(10-23-19)20(28)26-13-3-4-16(21)17(22)9-13/h3-4,9-12H,2,5-8H2,1H3,(H,23,25)(H,26,28). The lowest BCUT2D eigenvalue weighted by molar-refractivity contribution is 0.0904. The molecular formula is C20H21Cl2N5O2. The fourth-order valence-electron chi connectivity index (χ4n) is 3.40. The van der Waals surface area contributed by atoms with E-state index in [1.807, 2.05) is 11.6 Å². The molecule has 0 aliphatic carbocycles. The predicted molar refractivity (Wildman–Crippen MR) is 115 cm³/mol. The number of hydrogen-bond acceptors (Lipinski definition) is 5. The largest absolute Gasteiger partial charge is 0.381 e. The summed E-state index contributed by atoms with van der Waals surface area (Å²) in [5.74, 6) is -0.281. The zero-order valence-electron chi connectivity index (χ0n) is 15.9. The third-order valence-corrected chi connectivity index (χ3v) is 5.70. The third-order valence-electron chi connectivity index (χ3n) is 4.96. The van der Waals surface area contributed by atoms with Gasteiger partial charge in [-0.3, -0.25) is 4.79 Å². The first kappa shape index (κ1) is 19.9. The molecule has 2 aromatic heterocycles. The average molecular weight is 434 g/mol. The van der Waals surface area contributed by atoms with Crippen LogP contribution in [0.5, 0.6) is 0 Å². The van der Waals surface area contributed by atoms with Crippen LogP contribution in [0.3, 0.4) is 0 Å². The van der Waals surface area contributed by atoms with E-state index in [0.717, 1.165) is 29.6 Å². The maximum atomic E-state index is 13.1. The molecule has 1 aliphatic rings. The molecule has 152 valence electrons. The second kappa shape index (κ2) is 8.57. The van der Waals surface area contributed by atoms with Gasteiger partial charge >= 0.3 is 0 Å². The molecule has 0 radical (unpaired) electrons. The predicted octanol–water partition coefficient (Wildman–Crippen LogP) is 4.60. The minimum Gasteiger partial charge on any atom is -0.381 e. The third kappa shape index (κ3) is 4.17. The molecule has 0 atom stereocenters. The van der Waals surface area contributed by atoms with Gasteiger partial charge in [-0.05, 0) is 38.0 Å². The lowest BCUT2D eigenvalue weighted by Crippen LogP contribution is -2.29. The minimum absolute atomic E-state index is 0.218. The van der Waals surface area contributed by atoms with E-state index in [0.29, 0.717) is 41.1 Å². The van der Waals surface area contributed by atoms with Crippen LogP contribution in [-0.2, 0) is 11.3 Å². The second-order valence-corrected chi connectivity index (χ2v) is 7.67. The average Bonchev–Trinajstić information content (AvgIpc) is 3.15. The Morgan fingerprint density at radius 3 is 2.76 bits per heavy atom. The highest BCUT2D eigenvalue weighted by Gasteiger charge is 2.22. The Balaban J connectivity index is 1.70. The van der Waals surface area contributed by atoms with Crippen LogP contribution in [0.4, 0.5) is 11.4 Å². The van der Waals surface area contributed by atoms with E-state index < -0.39 is 0 Å². The molecule has 0 saturated carbocycles. The summed E-state index contributed by atoms with van der Waals surface area (Å²) in [6.45, 7) is 4.10. The molecule has 9 heteroatoms. The number of ether oxygens (including phenoxy) is 1. The van der Waals surface area contributed by atoms with Crippen LogP contribution in [0.2, 0.25) is 10.0 Å². The summed E-state index contributed by atoms with van der Waals surface area (Å²) >= 11 is 12.0. The van der Waals surface area contributed by atoms with Gasteiger partial charge in [0.2, 0.25) is 0 Å². The number of benzene rings is 1. The summed E-state index contributed by atoms with van der Waals surface area (Å²) in [5, 5.41) is 12.4. The number of aryl methyl sites for hydroxylation is 1. The van der Waals surface area contributed by atoms with Crippen molar-refractivity contribution < 1.29 is 9.53 Å². The first-order valence-electron chi connectivity index (χ1n) is 9.52. The Bertz CT molecular complexity index is 1050. The highest BCUT2D eigenvalue weighted by atomic mass is 35.5. The quantitative estimate of drug-likeness (QED) is 0.614. The van der Waals surface area contributed by atoms with Gasteiger partial charge in [0, 0.05) is 37.7 Å². The Labute approximate surface area is 178 Å². The zero-order chi connectivity index (χ0) is 20.4. The van der Waals surface area contributed by atoms with Gasteiger partial charge in [-0.15, -0.1) is 0 Å². The number of carbonyl (C=O) groups is 1. The first-order chi connectivity index (χ1) is 14.1. The van der Waals surface area contributed by atoms with Gasteiger partial charge in [0.15, 0.2) is 5.65 Å². The smallest absolute Gasteiger partial charge is 0.259 e. The molecule has 0 unspecified atom stereocenters. The Morgan fingerprint density at radius 2 is 2.03 bits per heavy atom. The SMILES string of the molecule is CCn1ncc2c(NC3CCOCC3)c(C(=O)Nc3ccc(Cl)c(Cl)c3)cnc21. The highest BCUT2D eigenvalue weighted by Crippen LogP contribution is 2.30. The summed E-state index contributed by atoms with van der Waals surface area (Å²) in [5.41, 5.74) is 2.49. The number of nitrogens with zero attached hydrogens (tertiary/aromatic N) is 3. The van der Waals surface area contributed by atoms with Crippen molar-refractivity contribution in [2.75, 3.05) is 23.8 Å². The number of amides is 1. The van der Waals surface area contributed by atoms with Crippen molar-refractivity contribution in [3.63, 3.8) is 0 Å². The van der Waals surface area contributed by atoms with Gasteiger partial charge in [0.05, 0.1) is 32.9 Å². The molecule has 1 fully saturated rings. The summed E-state index contributed by atoms with van der Waals surface area (Å²) < 4.78 is 7.26. The van der Waals surface area contributed by atoms with Crippen molar-refractivity contribution in [2.45, 2.75) is 32.4 Å². The number of carbonyl (C=O) groups excluding carboxylic acids is 1. The molecule has 1 amide bonds. The molecule has 2 N–H and O–H groups in total. The molecular weight excluding hydrogens is 413 g/mol. The fraction of sp³-hybridized carbons (Fsp3) is 0.350. The number of hydrogen-bond donors (Lipinski definition) is 2. The monoisotopic (exact) mass is 433 g/mol. The van der Waals surface area contributed by atoms with Crippen molar-refractivity contribution in [1.82, 2.24) is 14.8 Å². The van der Waals surface area contributed by atoms with Crippen LogP contribution in [0, 0.1) is 0 Å². The van der Waals surface area contributed by atoms with Crippen LogP contribution in [0.25, 0.3) is 11.0 Å². The Kier molecular flexibility index (Phi) is 5.89. The molecule has 3 aromatic rings. The van der Waals surface area contributed by atoms with E-state index in [2.05, 4.69) is 20.7 Å². The van der Waals surface area contributed by atoms with Crippen LogP contribution in [-0.4, -0.2) is 39.9 Å². The molecule has 29 heavy (non-hydrogen) atoms. The van der Waals surface area contributed by atoms with Gasteiger partial charge < -0.3 is 15.4 Å². The van der Waals surface area contributed by atoms with Gasteiger partial charge in [-0.25, -0.2) is 9.67 Å². The van der Waals surface area contributed by atoms with E-state index in [4.69, 9.17) is 27.9 Å². The summed E-state index contributed by atoms with van der Waals surface area (Å²) in [6.07, 6.45) is 5.09. The number of aromatic nitrogens is 3. The fourth-order valence-corrected chi connectivity index (χ4v) is 3.70. The van der Waals surface area contributed by atoms with Crippen LogP contribution in [0.15, 0.2) is 30.6 Å². The maximum absolute atomic E-state index is 13.1. The van der Waals surface area contributed by atoms with Crippen LogP contribution in [0.1, 0.15) is 30.1 Å².